The molecule has 2 nitrogen and oxygen atoms in total. The SMILES string of the molecule is CC(C)Cc1nc(CNC(C)(C)C)sc1C(C)C. The largest absolute Gasteiger partial charge is 0.306 e. The van der Waals surface area contributed by atoms with E-state index >= 15 is 0 Å². The second-order valence-corrected chi connectivity index (χ2v) is 7.89. The van der Waals surface area contributed by atoms with Gasteiger partial charge in [-0.15, -0.1) is 11.3 Å². The second kappa shape index (κ2) is 6.16. The Balaban J connectivity index is 2.82. The van der Waals surface area contributed by atoms with Crippen molar-refractivity contribution in [3.8, 4) is 0 Å². The van der Waals surface area contributed by atoms with E-state index in [0.717, 1.165) is 13.0 Å². The molecule has 0 unspecified atom stereocenters. The molecular weight excluding hydrogens is 240 g/mol. The number of thiazole rings is 1. The fourth-order valence-electron chi connectivity index (χ4n) is 1.81. The van der Waals surface area contributed by atoms with Crippen molar-refractivity contribution in [2.24, 2.45) is 5.92 Å². The van der Waals surface area contributed by atoms with E-state index in [2.05, 4.69) is 53.8 Å². The molecule has 104 valence electrons. The van der Waals surface area contributed by atoms with Crippen molar-refractivity contribution in [2.75, 3.05) is 0 Å². The van der Waals surface area contributed by atoms with Gasteiger partial charge in [0.15, 0.2) is 0 Å². The lowest BCUT2D eigenvalue weighted by atomic mass is 10.0. The minimum absolute atomic E-state index is 0.155. The first-order valence-corrected chi connectivity index (χ1v) is 7.74. The summed E-state index contributed by atoms with van der Waals surface area (Å²) in [4.78, 5) is 6.30. The third kappa shape index (κ3) is 5.07. The average Bonchev–Trinajstić information content (AvgIpc) is 2.56. The molecule has 1 aromatic heterocycles. The third-order valence-corrected chi connectivity index (χ3v) is 4.07. The number of rotatable bonds is 5. The van der Waals surface area contributed by atoms with Gasteiger partial charge in [0.1, 0.15) is 5.01 Å². The molecule has 0 fully saturated rings. The topological polar surface area (TPSA) is 24.9 Å². The van der Waals surface area contributed by atoms with Crippen molar-refractivity contribution in [1.29, 1.82) is 0 Å². The predicted molar refractivity (Wildman–Crippen MR) is 81.3 cm³/mol. The van der Waals surface area contributed by atoms with Crippen LogP contribution in [0.4, 0.5) is 0 Å². The van der Waals surface area contributed by atoms with Crippen LogP contribution in [0.15, 0.2) is 0 Å². The normalized spacial score (nSPS) is 12.7. The number of nitrogens with zero attached hydrogens (tertiary/aromatic N) is 1. The molecule has 0 aromatic carbocycles. The molecule has 0 radical (unpaired) electrons. The molecule has 0 saturated carbocycles. The summed E-state index contributed by atoms with van der Waals surface area (Å²) in [6, 6.07) is 0. The molecule has 1 N–H and O–H groups in total. The lowest BCUT2D eigenvalue weighted by Gasteiger charge is -2.19. The number of hydrogen-bond acceptors (Lipinski definition) is 3. The highest BCUT2D eigenvalue weighted by Gasteiger charge is 2.16. The van der Waals surface area contributed by atoms with Gasteiger partial charge in [-0.1, -0.05) is 27.7 Å². The van der Waals surface area contributed by atoms with Crippen molar-refractivity contribution in [3.05, 3.63) is 15.6 Å². The number of aromatic nitrogens is 1. The van der Waals surface area contributed by atoms with Crippen molar-refractivity contribution in [3.63, 3.8) is 0 Å². The molecule has 0 bridgehead atoms. The maximum Gasteiger partial charge on any atom is 0.107 e. The molecule has 18 heavy (non-hydrogen) atoms. The maximum absolute atomic E-state index is 4.83. The molecule has 1 rings (SSSR count). The standard InChI is InChI=1S/C15H28N2S/c1-10(2)8-12-14(11(3)4)18-13(17-12)9-16-15(5,6)7/h10-11,16H,8-9H2,1-7H3. The van der Waals surface area contributed by atoms with Crippen LogP contribution >= 0.6 is 11.3 Å². The summed E-state index contributed by atoms with van der Waals surface area (Å²) in [5.74, 6) is 1.26. The van der Waals surface area contributed by atoms with Crippen LogP contribution in [-0.2, 0) is 13.0 Å². The molecule has 0 atom stereocenters. The summed E-state index contributed by atoms with van der Waals surface area (Å²) in [6.07, 6.45) is 1.10. The van der Waals surface area contributed by atoms with E-state index in [-0.39, 0.29) is 5.54 Å². The summed E-state index contributed by atoms with van der Waals surface area (Å²) >= 11 is 1.88. The Kier molecular flexibility index (Phi) is 5.35. The predicted octanol–water partition coefficient (Wildman–Crippen LogP) is 4.35. The van der Waals surface area contributed by atoms with Crippen LogP contribution in [0.1, 0.15) is 70.0 Å². The quantitative estimate of drug-likeness (QED) is 0.858. The van der Waals surface area contributed by atoms with E-state index < -0.39 is 0 Å². The Bertz CT molecular complexity index is 372. The van der Waals surface area contributed by atoms with Gasteiger partial charge >= 0.3 is 0 Å². The third-order valence-electron chi connectivity index (χ3n) is 2.67. The van der Waals surface area contributed by atoms with Gasteiger partial charge in [-0.2, -0.15) is 0 Å². The summed E-state index contributed by atoms with van der Waals surface area (Å²) in [5.41, 5.74) is 1.47. The van der Waals surface area contributed by atoms with E-state index in [9.17, 15) is 0 Å². The Labute approximate surface area is 116 Å². The van der Waals surface area contributed by atoms with Crippen molar-refractivity contribution in [2.45, 2.75) is 72.9 Å². The zero-order chi connectivity index (χ0) is 13.9. The van der Waals surface area contributed by atoms with Crippen LogP contribution in [0.25, 0.3) is 0 Å². The summed E-state index contributed by atoms with van der Waals surface area (Å²) in [5, 5.41) is 4.75. The number of hydrogen-bond donors (Lipinski definition) is 1. The van der Waals surface area contributed by atoms with E-state index in [1.807, 2.05) is 11.3 Å². The summed E-state index contributed by atoms with van der Waals surface area (Å²) in [6.45, 7) is 16.5. The molecule has 1 aromatic rings. The molecule has 1 heterocycles. The van der Waals surface area contributed by atoms with E-state index in [0.29, 0.717) is 11.8 Å². The Hall–Kier alpha value is -0.410. The highest BCUT2D eigenvalue weighted by atomic mass is 32.1. The van der Waals surface area contributed by atoms with Gasteiger partial charge in [0.05, 0.1) is 5.69 Å². The van der Waals surface area contributed by atoms with Crippen molar-refractivity contribution in [1.82, 2.24) is 10.3 Å². The zero-order valence-corrected chi connectivity index (χ0v) is 13.7. The maximum atomic E-state index is 4.83. The van der Waals surface area contributed by atoms with Gasteiger partial charge in [-0.25, -0.2) is 4.98 Å². The van der Waals surface area contributed by atoms with Gasteiger partial charge in [0.25, 0.3) is 0 Å². The molecular formula is C15H28N2S. The van der Waals surface area contributed by atoms with Crippen LogP contribution in [0.5, 0.6) is 0 Å². The Morgan fingerprint density at radius 2 is 1.78 bits per heavy atom. The molecule has 0 amide bonds. The Morgan fingerprint density at radius 3 is 2.22 bits per heavy atom. The molecule has 0 aliphatic rings. The van der Waals surface area contributed by atoms with Gasteiger partial charge < -0.3 is 5.32 Å². The van der Waals surface area contributed by atoms with E-state index in [4.69, 9.17) is 4.98 Å². The van der Waals surface area contributed by atoms with Crippen LogP contribution in [0, 0.1) is 5.92 Å². The monoisotopic (exact) mass is 268 g/mol. The molecule has 0 spiro atoms. The molecule has 3 heteroatoms. The first kappa shape index (κ1) is 15.6. The first-order valence-electron chi connectivity index (χ1n) is 6.92. The summed E-state index contributed by atoms with van der Waals surface area (Å²) < 4.78 is 0. The highest BCUT2D eigenvalue weighted by Crippen LogP contribution is 2.28. The zero-order valence-electron chi connectivity index (χ0n) is 12.9. The van der Waals surface area contributed by atoms with Crippen LogP contribution < -0.4 is 5.32 Å². The minimum Gasteiger partial charge on any atom is -0.306 e. The number of nitrogens with one attached hydrogen (secondary N) is 1. The second-order valence-electron chi connectivity index (χ2n) is 6.77. The van der Waals surface area contributed by atoms with Crippen LogP contribution in [0.3, 0.4) is 0 Å². The molecule has 0 saturated heterocycles. The van der Waals surface area contributed by atoms with Gasteiger partial charge in [0.2, 0.25) is 0 Å². The molecule has 0 aliphatic carbocycles. The van der Waals surface area contributed by atoms with Gasteiger partial charge in [-0.3, -0.25) is 0 Å². The minimum atomic E-state index is 0.155. The molecule has 0 aliphatic heterocycles. The lowest BCUT2D eigenvalue weighted by molar-refractivity contribution is 0.423. The Morgan fingerprint density at radius 1 is 1.17 bits per heavy atom. The van der Waals surface area contributed by atoms with Gasteiger partial charge in [0, 0.05) is 17.0 Å². The fourth-order valence-corrected chi connectivity index (χ4v) is 2.85. The van der Waals surface area contributed by atoms with Crippen LogP contribution in [0.2, 0.25) is 0 Å². The van der Waals surface area contributed by atoms with Gasteiger partial charge in [-0.05, 0) is 39.0 Å². The van der Waals surface area contributed by atoms with E-state index in [1.165, 1.54) is 15.6 Å². The fraction of sp³-hybridized carbons (Fsp3) is 0.800. The first-order chi connectivity index (χ1) is 8.19. The lowest BCUT2D eigenvalue weighted by Crippen LogP contribution is -2.35. The van der Waals surface area contributed by atoms with Crippen LogP contribution in [-0.4, -0.2) is 10.5 Å². The summed E-state index contributed by atoms with van der Waals surface area (Å²) in [7, 11) is 0. The average molecular weight is 268 g/mol. The van der Waals surface area contributed by atoms with Crippen molar-refractivity contribution < 1.29 is 0 Å². The van der Waals surface area contributed by atoms with E-state index in [1.54, 1.807) is 0 Å². The van der Waals surface area contributed by atoms with Crippen molar-refractivity contribution >= 4 is 11.3 Å². The highest BCUT2D eigenvalue weighted by molar-refractivity contribution is 7.11. The smallest absolute Gasteiger partial charge is 0.107 e.